The van der Waals surface area contributed by atoms with Gasteiger partial charge < -0.3 is 29.3 Å². The predicted octanol–water partition coefficient (Wildman–Crippen LogP) is 5.50. The maximum absolute atomic E-state index is 17.2. The van der Waals surface area contributed by atoms with Crippen LogP contribution in [0.15, 0.2) is 24.3 Å². The fraction of sp³-hybridized carbons (Fsp3) is 0.462. The van der Waals surface area contributed by atoms with Crippen molar-refractivity contribution in [2.45, 2.75) is 63.2 Å². The number of aromatic nitrogens is 3. The van der Waals surface area contributed by atoms with Gasteiger partial charge in [-0.3, -0.25) is 4.79 Å². The van der Waals surface area contributed by atoms with Gasteiger partial charge in [0.2, 0.25) is 11.8 Å². The van der Waals surface area contributed by atoms with Crippen LogP contribution in [0.5, 0.6) is 17.6 Å². The summed E-state index contributed by atoms with van der Waals surface area (Å²) in [4.78, 5) is 32.9. The monoisotopic (exact) mass is 725 g/mol. The fourth-order valence-corrected chi connectivity index (χ4v) is 8.39. The number of piperidine rings is 1. The SMILES string of the molecule is C#Cc1c(F)ccc2cc(O)cc(-c3nc(OC)c4c(N5CC6CCC(C5)N6C(=O)CC#N)nc(OCC5(CN6CCC(F)CC6)CC5)nc4c3F)c12. The third-order valence-corrected chi connectivity index (χ3v) is 11.2. The summed E-state index contributed by atoms with van der Waals surface area (Å²) in [6.07, 6.45) is 9.06. The highest BCUT2D eigenvalue weighted by molar-refractivity contribution is 6.04. The van der Waals surface area contributed by atoms with E-state index in [-0.39, 0.29) is 87.2 Å². The Bertz CT molecular complexity index is 2200. The van der Waals surface area contributed by atoms with Crippen molar-refractivity contribution in [3.8, 4) is 47.3 Å². The number of anilines is 1. The smallest absolute Gasteiger partial charge is 0.319 e. The van der Waals surface area contributed by atoms with Crippen molar-refractivity contribution in [3.63, 3.8) is 0 Å². The van der Waals surface area contributed by atoms with E-state index in [4.69, 9.17) is 20.9 Å². The van der Waals surface area contributed by atoms with Crippen LogP contribution >= 0.6 is 0 Å². The molecule has 14 heteroatoms. The minimum absolute atomic E-state index is 0.0154. The van der Waals surface area contributed by atoms with Crippen LogP contribution in [0.3, 0.4) is 0 Å². The zero-order valence-corrected chi connectivity index (χ0v) is 29.2. The molecule has 5 heterocycles. The van der Waals surface area contributed by atoms with Gasteiger partial charge in [0.15, 0.2) is 5.82 Å². The van der Waals surface area contributed by atoms with Crippen molar-refractivity contribution in [1.29, 1.82) is 5.26 Å². The molecule has 274 valence electrons. The van der Waals surface area contributed by atoms with E-state index in [9.17, 15) is 19.6 Å². The first kappa shape index (κ1) is 34.7. The highest BCUT2D eigenvalue weighted by atomic mass is 19.1. The number of carbonyl (C=O) groups is 1. The van der Waals surface area contributed by atoms with Gasteiger partial charge in [0.05, 0.1) is 25.3 Å². The maximum atomic E-state index is 17.2. The number of hydrogen-bond donors (Lipinski definition) is 1. The van der Waals surface area contributed by atoms with Crippen molar-refractivity contribution in [2.24, 2.45) is 5.41 Å². The van der Waals surface area contributed by atoms with Gasteiger partial charge in [0, 0.05) is 61.2 Å². The number of halogens is 3. The molecule has 4 fully saturated rings. The third-order valence-electron chi connectivity index (χ3n) is 11.2. The molecule has 1 N–H and O–H groups in total. The number of carbonyl (C=O) groups excluding carboxylic acids is 1. The molecule has 4 aliphatic rings. The van der Waals surface area contributed by atoms with E-state index in [0.717, 1.165) is 32.2 Å². The number of phenolic OH excluding ortho intramolecular Hbond substituents is 1. The first-order chi connectivity index (χ1) is 25.6. The Balaban J connectivity index is 1.24. The molecule has 11 nitrogen and oxygen atoms in total. The number of fused-ring (bicyclic) bond motifs is 4. The van der Waals surface area contributed by atoms with Gasteiger partial charge in [-0.25, -0.2) is 18.2 Å². The number of nitriles is 1. The summed E-state index contributed by atoms with van der Waals surface area (Å²) >= 11 is 0. The van der Waals surface area contributed by atoms with Gasteiger partial charge in [-0.1, -0.05) is 12.0 Å². The molecule has 3 saturated heterocycles. The quantitative estimate of drug-likeness (QED) is 0.221. The van der Waals surface area contributed by atoms with Gasteiger partial charge in [-0.05, 0) is 62.1 Å². The van der Waals surface area contributed by atoms with Crippen molar-refractivity contribution in [3.05, 3.63) is 41.5 Å². The van der Waals surface area contributed by atoms with E-state index < -0.39 is 17.8 Å². The second kappa shape index (κ2) is 13.6. The molecule has 3 aliphatic heterocycles. The number of ether oxygens (including phenoxy) is 2. The second-order valence-corrected chi connectivity index (χ2v) is 14.7. The number of alkyl halides is 1. The van der Waals surface area contributed by atoms with Crippen LogP contribution in [0.4, 0.5) is 19.0 Å². The van der Waals surface area contributed by atoms with Crippen LogP contribution in [-0.4, -0.2) is 100 Å². The summed E-state index contributed by atoms with van der Waals surface area (Å²) in [5, 5.41) is 20.6. The molecule has 2 unspecified atom stereocenters. The Morgan fingerprint density at radius 2 is 1.81 bits per heavy atom. The summed E-state index contributed by atoms with van der Waals surface area (Å²) in [6, 6.07) is 6.83. The minimum atomic E-state index is -0.880. The van der Waals surface area contributed by atoms with Gasteiger partial charge in [-0.2, -0.15) is 15.2 Å². The number of likely N-dealkylation sites (tertiary alicyclic amines) is 1. The van der Waals surface area contributed by atoms with E-state index in [2.05, 4.69) is 20.8 Å². The Morgan fingerprint density at radius 3 is 2.47 bits per heavy atom. The molecule has 2 atom stereocenters. The van der Waals surface area contributed by atoms with Gasteiger partial charge in [0.25, 0.3) is 0 Å². The Kier molecular flexibility index (Phi) is 8.89. The lowest BCUT2D eigenvalue weighted by molar-refractivity contribution is -0.133. The lowest BCUT2D eigenvalue weighted by atomic mass is 9.95. The number of hydrogen-bond acceptors (Lipinski definition) is 10. The predicted molar refractivity (Wildman–Crippen MR) is 190 cm³/mol. The summed E-state index contributed by atoms with van der Waals surface area (Å²) in [7, 11) is 1.38. The molecule has 2 bridgehead atoms. The van der Waals surface area contributed by atoms with Crippen molar-refractivity contribution >= 4 is 33.4 Å². The van der Waals surface area contributed by atoms with Crippen LogP contribution in [0.25, 0.3) is 32.9 Å². The van der Waals surface area contributed by atoms with Crippen molar-refractivity contribution in [2.75, 3.05) is 51.3 Å². The standard InChI is InChI=1S/C39H38F3N7O4/c1-3-27-29(41)7-4-22-16-26(50)17-28(31(22)27)34-33(42)35-32(37(44-34)52-2)36(48-18-24-5-6-25(19-48)49(24)30(51)8-13-43)46-38(45-35)53-21-39(11-12-39)20-47-14-9-23(40)10-15-47/h1,4,7,16-17,23-25,50H,5-6,8-12,14-15,18-21H2,2H3. The Morgan fingerprint density at radius 1 is 1.08 bits per heavy atom. The normalized spacial score (nSPS) is 21.1. The number of methoxy groups -OCH3 is 1. The maximum Gasteiger partial charge on any atom is 0.319 e. The summed E-state index contributed by atoms with van der Waals surface area (Å²) in [6.45, 7) is 3.11. The number of phenols is 1. The van der Waals surface area contributed by atoms with Gasteiger partial charge in [0.1, 0.15) is 46.6 Å². The van der Waals surface area contributed by atoms with Crippen molar-refractivity contribution < 1.29 is 32.5 Å². The molecule has 0 spiro atoms. The van der Waals surface area contributed by atoms with Crippen LogP contribution in [0.2, 0.25) is 0 Å². The largest absolute Gasteiger partial charge is 0.508 e. The molecular weight excluding hydrogens is 687 g/mol. The molecule has 53 heavy (non-hydrogen) atoms. The van der Waals surface area contributed by atoms with Gasteiger partial charge in [-0.15, -0.1) is 6.42 Å². The molecule has 1 amide bonds. The number of benzene rings is 2. The van der Waals surface area contributed by atoms with Crippen LogP contribution in [-0.2, 0) is 4.79 Å². The number of pyridine rings is 1. The highest BCUT2D eigenvalue weighted by Crippen LogP contribution is 2.48. The Labute approximate surface area is 304 Å². The molecule has 4 aromatic rings. The number of aromatic hydroxyl groups is 1. The summed E-state index contributed by atoms with van der Waals surface area (Å²) < 4.78 is 58.2. The molecule has 2 aromatic heterocycles. The molecule has 2 aromatic carbocycles. The lowest BCUT2D eigenvalue weighted by Gasteiger charge is -2.41. The van der Waals surface area contributed by atoms with E-state index in [0.29, 0.717) is 50.2 Å². The summed E-state index contributed by atoms with van der Waals surface area (Å²) in [5.41, 5.74) is -0.662. The van der Waals surface area contributed by atoms with Crippen LogP contribution in [0.1, 0.15) is 50.5 Å². The Hall–Kier alpha value is -5.34. The fourth-order valence-electron chi connectivity index (χ4n) is 8.39. The first-order valence-electron chi connectivity index (χ1n) is 17.9. The molecular formula is C39H38F3N7O4. The van der Waals surface area contributed by atoms with E-state index in [1.807, 2.05) is 11.0 Å². The number of amides is 1. The molecule has 1 saturated carbocycles. The highest BCUT2D eigenvalue weighted by Gasteiger charge is 2.46. The number of piperazine rings is 1. The van der Waals surface area contributed by atoms with E-state index in [1.54, 1.807) is 4.90 Å². The first-order valence-corrected chi connectivity index (χ1v) is 17.9. The summed E-state index contributed by atoms with van der Waals surface area (Å²) in [5.74, 6) is 0.655. The third kappa shape index (κ3) is 6.29. The van der Waals surface area contributed by atoms with E-state index in [1.165, 1.54) is 31.4 Å². The lowest BCUT2D eigenvalue weighted by Crippen LogP contribution is -2.56. The second-order valence-electron chi connectivity index (χ2n) is 14.7. The topological polar surface area (TPSA) is 128 Å². The average molecular weight is 726 g/mol. The minimum Gasteiger partial charge on any atom is -0.508 e. The molecule has 8 rings (SSSR count). The zero-order chi connectivity index (χ0) is 37.0. The number of rotatable bonds is 9. The van der Waals surface area contributed by atoms with E-state index >= 15 is 8.78 Å². The van der Waals surface area contributed by atoms with Crippen LogP contribution in [0, 0.1) is 40.7 Å². The van der Waals surface area contributed by atoms with Crippen LogP contribution < -0.4 is 14.4 Å². The average Bonchev–Trinajstić information content (AvgIpc) is 3.86. The zero-order valence-electron chi connectivity index (χ0n) is 29.2. The number of nitrogens with zero attached hydrogens (tertiary/aromatic N) is 7. The van der Waals surface area contributed by atoms with Gasteiger partial charge >= 0.3 is 6.01 Å². The number of terminal acetylenes is 1. The van der Waals surface area contributed by atoms with Crippen molar-refractivity contribution in [1.82, 2.24) is 24.8 Å². The molecule has 0 radical (unpaired) electrons. The molecule has 1 aliphatic carbocycles.